The highest BCUT2D eigenvalue weighted by Gasteiger charge is 2.19. The van der Waals surface area contributed by atoms with E-state index >= 15 is 0 Å². The van der Waals surface area contributed by atoms with Crippen LogP contribution in [-0.2, 0) is 4.74 Å². The van der Waals surface area contributed by atoms with E-state index in [-0.39, 0.29) is 11.3 Å². The van der Waals surface area contributed by atoms with Crippen LogP contribution in [-0.4, -0.2) is 41.2 Å². The molecule has 4 N–H and O–H groups in total. The van der Waals surface area contributed by atoms with Gasteiger partial charge < -0.3 is 25.8 Å². The molecule has 0 fully saturated rings. The highest BCUT2D eigenvalue weighted by atomic mass is 16.5. The van der Waals surface area contributed by atoms with E-state index in [1.807, 2.05) is 0 Å². The van der Waals surface area contributed by atoms with Crippen molar-refractivity contribution in [2.24, 2.45) is 0 Å². The number of hydrogen-bond donors (Lipinski definition) is 3. The minimum atomic E-state index is -1.01. The van der Waals surface area contributed by atoms with Crippen LogP contribution in [0.15, 0.2) is 54.9 Å². The van der Waals surface area contributed by atoms with Crippen molar-refractivity contribution >= 4 is 40.6 Å². The van der Waals surface area contributed by atoms with Crippen molar-refractivity contribution in [2.45, 2.75) is 0 Å². The Kier molecular flexibility index (Phi) is 5.59. The summed E-state index contributed by atoms with van der Waals surface area (Å²) in [7, 11) is 3.04. The Morgan fingerprint density at radius 2 is 1.79 bits per heavy atom. The first-order chi connectivity index (χ1) is 13.9. The van der Waals surface area contributed by atoms with Gasteiger partial charge in [0.15, 0.2) is 11.6 Å². The quantitative estimate of drug-likeness (QED) is 0.541. The van der Waals surface area contributed by atoms with Crippen molar-refractivity contribution in [3.63, 3.8) is 0 Å². The summed E-state index contributed by atoms with van der Waals surface area (Å²) in [5.74, 6) is -0.746. The minimum Gasteiger partial charge on any atom is -0.478 e. The molecule has 0 bridgehead atoms. The monoisotopic (exact) mass is 393 g/mol. The van der Waals surface area contributed by atoms with E-state index in [9.17, 15) is 9.59 Å². The molecular weight excluding hydrogens is 374 g/mol. The zero-order chi connectivity index (χ0) is 21.0. The molecule has 0 unspecified atom stereocenters. The Bertz CT molecular complexity index is 1050. The number of carboxylic acid groups (broad SMARTS) is 1. The number of nitrogens with zero attached hydrogens (tertiary/aromatic N) is 3. The zero-order valence-corrected chi connectivity index (χ0v) is 15.8. The van der Waals surface area contributed by atoms with E-state index in [1.54, 1.807) is 48.3 Å². The lowest BCUT2D eigenvalue weighted by Gasteiger charge is -2.23. The van der Waals surface area contributed by atoms with Gasteiger partial charge in [-0.3, -0.25) is 0 Å². The second-order valence-electron chi connectivity index (χ2n) is 6.03. The fourth-order valence-electron chi connectivity index (χ4n) is 2.75. The number of methoxy groups -OCH3 is 1. The van der Waals surface area contributed by atoms with Crippen LogP contribution in [0.25, 0.3) is 0 Å². The predicted molar refractivity (Wildman–Crippen MR) is 109 cm³/mol. The molecule has 1 aromatic heterocycles. The molecule has 0 saturated heterocycles. The third-order valence-electron chi connectivity index (χ3n) is 4.25. The van der Waals surface area contributed by atoms with E-state index in [2.05, 4.69) is 15.3 Å². The number of carbonyl (C=O) groups is 2. The normalized spacial score (nSPS) is 10.3. The topological polar surface area (TPSA) is 131 Å². The maximum Gasteiger partial charge on any atom is 0.339 e. The van der Waals surface area contributed by atoms with Crippen molar-refractivity contribution in [1.29, 1.82) is 0 Å². The van der Waals surface area contributed by atoms with Crippen molar-refractivity contribution in [2.75, 3.05) is 30.1 Å². The SMILES string of the molecule is COC(=O)c1ccccc1N(C)c1ncnc(Nc2ccc(C(=O)O)cc2)c1N. The average molecular weight is 393 g/mol. The minimum absolute atomic E-state index is 0.172. The Hall–Kier alpha value is -4.14. The summed E-state index contributed by atoms with van der Waals surface area (Å²) in [6.07, 6.45) is 1.34. The Morgan fingerprint density at radius 1 is 1.10 bits per heavy atom. The first-order valence-electron chi connectivity index (χ1n) is 8.54. The van der Waals surface area contributed by atoms with Crippen LogP contribution in [0.1, 0.15) is 20.7 Å². The molecule has 9 heteroatoms. The summed E-state index contributed by atoms with van der Waals surface area (Å²) in [5, 5.41) is 12.0. The molecule has 0 aliphatic heterocycles. The lowest BCUT2D eigenvalue weighted by Crippen LogP contribution is -2.18. The van der Waals surface area contributed by atoms with E-state index in [0.717, 1.165) is 0 Å². The van der Waals surface area contributed by atoms with Gasteiger partial charge in [0.1, 0.15) is 12.0 Å². The molecule has 0 spiro atoms. The molecule has 0 aliphatic rings. The van der Waals surface area contributed by atoms with E-state index in [0.29, 0.717) is 28.6 Å². The number of nitrogens with one attached hydrogen (secondary N) is 1. The van der Waals surface area contributed by atoms with Gasteiger partial charge >= 0.3 is 11.9 Å². The van der Waals surface area contributed by atoms with Gasteiger partial charge in [-0.1, -0.05) is 12.1 Å². The first-order valence-corrected chi connectivity index (χ1v) is 8.54. The van der Waals surface area contributed by atoms with Crippen molar-refractivity contribution < 1.29 is 19.4 Å². The fraction of sp³-hybridized carbons (Fsp3) is 0.100. The van der Waals surface area contributed by atoms with Crippen LogP contribution < -0.4 is 16.0 Å². The second kappa shape index (κ2) is 8.26. The van der Waals surface area contributed by atoms with E-state index in [4.69, 9.17) is 15.6 Å². The molecule has 29 heavy (non-hydrogen) atoms. The number of nitrogen functional groups attached to an aromatic ring is 1. The maximum atomic E-state index is 12.1. The lowest BCUT2D eigenvalue weighted by atomic mass is 10.1. The van der Waals surface area contributed by atoms with Crippen molar-refractivity contribution in [3.05, 3.63) is 66.0 Å². The number of anilines is 5. The third-order valence-corrected chi connectivity index (χ3v) is 4.25. The van der Waals surface area contributed by atoms with E-state index in [1.165, 1.54) is 25.6 Å². The van der Waals surface area contributed by atoms with Gasteiger partial charge in [0.2, 0.25) is 0 Å². The first kappa shape index (κ1) is 19.6. The summed E-state index contributed by atoms with van der Waals surface area (Å²) in [5.41, 5.74) is 8.26. The number of para-hydroxylation sites is 1. The molecule has 2 aromatic carbocycles. The van der Waals surface area contributed by atoms with Crippen LogP contribution in [0.3, 0.4) is 0 Å². The van der Waals surface area contributed by atoms with Crippen molar-refractivity contribution in [3.8, 4) is 0 Å². The summed E-state index contributed by atoms with van der Waals surface area (Å²) >= 11 is 0. The summed E-state index contributed by atoms with van der Waals surface area (Å²) in [4.78, 5) is 33.1. The van der Waals surface area contributed by atoms with Gasteiger partial charge in [-0.05, 0) is 36.4 Å². The van der Waals surface area contributed by atoms with Gasteiger partial charge in [0.05, 0.1) is 23.9 Å². The van der Waals surface area contributed by atoms with Gasteiger partial charge in [-0.15, -0.1) is 0 Å². The largest absolute Gasteiger partial charge is 0.478 e. The maximum absolute atomic E-state index is 12.1. The fourth-order valence-corrected chi connectivity index (χ4v) is 2.75. The van der Waals surface area contributed by atoms with Crippen LogP contribution in [0, 0.1) is 0 Å². The molecule has 0 radical (unpaired) electrons. The number of ether oxygens (including phenoxy) is 1. The molecule has 0 amide bonds. The van der Waals surface area contributed by atoms with Gasteiger partial charge in [0.25, 0.3) is 0 Å². The Labute approximate surface area is 166 Å². The summed E-state index contributed by atoms with van der Waals surface area (Å²) < 4.78 is 4.84. The number of carbonyl (C=O) groups excluding carboxylic acids is 1. The zero-order valence-electron chi connectivity index (χ0n) is 15.8. The van der Waals surface area contributed by atoms with Gasteiger partial charge in [-0.25, -0.2) is 19.6 Å². The number of aromatic carboxylic acids is 1. The molecule has 0 saturated carbocycles. The molecule has 3 rings (SSSR count). The summed E-state index contributed by atoms with van der Waals surface area (Å²) in [6, 6.07) is 13.1. The second-order valence-corrected chi connectivity index (χ2v) is 6.03. The molecule has 9 nitrogen and oxygen atoms in total. The lowest BCUT2D eigenvalue weighted by molar-refractivity contribution is 0.0600. The molecule has 0 aliphatic carbocycles. The van der Waals surface area contributed by atoms with Crippen LogP contribution in [0.2, 0.25) is 0 Å². The number of aromatic nitrogens is 2. The van der Waals surface area contributed by atoms with Crippen LogP contribution in [0.5, 0.6) is 0 Å². The number of benzene rings is 2. The van der Waals surface area contributed by atoms with Crippen molar-refractivity contribution in [1.82, 2.24) is 9.97 Å². The molecule has 0 atom stereocenters. The smallest absolute Gasteiger partial charge is 0.339 e. The number of carboxylic acids is 1. The molecule has 3 aromatic rings. The number of nitrogens with two attached hydrogens (primary N) is 1. The standard InChI is InChI=1S/C20H19N5O4/c1-25(15-6-4-3-5-14(15)20(28)29-2)18-16(21)17(22-11-23-18)24-13-9-7-12(8-10-13)19(26)27/h3-11H,21H2,1-2H3,(H,26,27)(H,22,23,24). The highest BCUT2D eigenvalue weighted by Crippen LogP contribution is 2.33. The number of hydrogen-bond acceptors (Lipinski definition) is 8. The number of esters is 1. The molecular formula is C20H19N5O4. The summed E-state index contributed by atoms with van der Waals surface area (Å²) in [6.45, 7) is 0. The van der Waals surface area contributed by atoms with Gasteiger partial charge in [0, 0.05) is 12.7 Å². The predicted octanol–water partition coefficient (Wildman–Crippen LogP) is 3.06. The third kappa shape index (κ3) is 4.08. The molecule has 148 valence electrons. The average Bonchev–Trinajstić information content (AvgIpc) is 2.74. The Balaban J connectivity index is 1.93. The van der Waals surface area contributed by atoms with Crippen LogP contribution >= 0.6 is 0 Å². The number of rotatable bonds is 6. The highest BCUT2D eigenvalue weighted by molar-refractivity contribution is 5.97. The van der Waals surface area contributed by atoms with Gasteiger partial charge in [-0.2, -0.15) is 0 Å². The molecule has 1 heterocycles. The Morgan fingerprint density at radius 3 is 2.45 bits per heavy atom. The van der Waals surface area contributed by atoms with Crippen LogP contribution in [0.4, 0.5) is 28.7 Å². The van der Waals surface area contributed by atoms with E-state index < -0.39 is 11.9 Å².